The van der Waals surface area contributed by atoms with Crippen molar-refractivity contribution in [1.82, 2.24) is 4.90 Å². The van der Waals surface area contributed by atoms with Crippen LogP contribution in [0.2, 0.25) is 0 Å². The summed E-state index contributed by atoms with van der Waals surface area (Å²) in [6.07, 6.45) is 11.5. The van der Waals surface area contributed by atoms with Crippen LogP contribution in [0.1, 0.15) is 73.6 Å². The zero-order valence-electron chi connectivity index (χ0n) is 17.4. The number of hydrogen-bond acceptors (Lipinski definition) is 3. The molecule has 25 heavy (non-hydrogen) atoms. The van der Waals surface area contributed by atoms with Gasteiger partial charge in [-0.05, 0) is 72.5 Å². The first-order valence-corrected chi connectivity index (χ1v) is 9.71. The highest BCUT2D eigenvalue weighted by Crippen LogP contribution is 2.11. The maximum Gasteiger partial charge on any atom is 0.307 e. The highest BCUT2D eigenvalue weighted by Gasteiger charge is 2.05. The smallest absolute Gasteiger partial charge is 0.307 e. The average Bonchev–Trinajstić information content (AvgIpc) is 2.55. The minimum atomic E-state index is -0.106. The average molecular weight is 350 g/mol. The summed E-state index contributed by atoms with van der Waals surface area (Å²) < 4.78 is 5.29. The van der Waals surface area contributed by atoms with Crippen molar-refractivity contribution in [3.8, 4) is 0 Å². The molecule has 0 N–H and O–H groups in total. The van der Waals surface area contributed by atoms with E-state index in [1.807, 2.05) is 6.08 Å². The number of carbonyl (C=O) groups is 1. The molecule has 0 heterocycles. The molecule has 0 aromatic carbocycles. The molecule has 0 aliphatic heterocycles. The van der Waals surface area contributed by atoms with Gasteiger partial charge in [0.05, 0.1) is 6.42 Å². The normalized spacial score (nSPS) is 12.4. The van der Waals surface area contributed by atoms with Crippen LogP contribution in [0.5, 0.6) is 0 Å². The molecule has 0 unspecified atom stereocenters. The second-order valence-corrected chi connectivity index (χ2v) is 6.92. The first-order valence-electron chi connectivity index (χ1n) is 9.71. The van der Waals surface area contributed by atoms with E-state index in [1.54, 1.807) is 0 Å². The fourth-order valence-electron chi connectivity index (χ4n) is 2.48. The van der Waals surface area contributed by atoms with Gasteiger partial charge in [0.25, 0.3) is 0 Å². The molecule has 0 fully saturated rings. The van der Waals surface area contributed by atoms with Gasteiger partial charge in [0.15, 0.2) is 0 Å². The molecule has 0 bridgehead atoms. The molecule has 0 aromatic heterocycles. The second kappa shape index (κ2) is 14.9. The standard InChI is InChI=1S/C22H39NO2/c1-7-23(8-2)17-15-22(24)25-18-16-21(6)14-10-13-20(5)12-9-11-19(3)4/h11,13,16H,7-10,12,14-15,17-18H2,1-6H3. The number of esters is 1. The molecule has 0 atom stereocenters. The van der Waals surface area contributed by atoms with Crippen molar-refractivity contribution in [2.75, 3.05) is 26.2 Å². The minimum absolute atomic E-state index is 0.106. The lowest BCUT2D eigenvalue weighted by atomic mass is 10.1. The third kappa shape index (κ3) is 14.7. The van der Waals surface area contributed by atoms with Crippen LogP contribution >= 0.6 is 0 Å². The van der Waals surface area contributed by atoms with E-state index in [4.69, 9.17) is 4.74 Å². The van der Waals surface area contributed by atoms with Gasteiger partial charge in [-0.15, -0.1) is 0 Å². The van der Waals surface area contributed by atoms with Crippen LogP contribution in [-0.2, 0) is 9.53 Å². The van der Waals surface area contributed by atoms with E-state index in [9.17, 15) is 4.79 Å². The first-order chi connectivity index (χ1) is 11.9. The van der Waals surface area contributed by atoms with Gasteiger partial charge in [-0.2, -0.15) is 0 Å². The maximum atomic E-state index is 11.7. The van der Waals surface area contributed by atoms with Crippen molar-refractivity contribution in [3.63, 3.8) is 0 Å². The summed E-state index contributed by atoms with van der Waals surface area (Å²) >= 11 is 0. The monoisotopic (exact) mass is 349 g/mol. The van der Waals surface area contributed by atoms with Crippen molar-refractivity contribution in [2.24, 2.45) is 0 Å². The number of hydrogen-bond donors (Lipinski definition) is 0. The van der Waals surface area contributed by atoms with Crippen molar-refractivity contribution < 1.29 is 9.53 Å². The van der Waals surface area contributed by atoms with Crippen molar-refractivity contribution >= 4 is 5.97 Å². The van der Waals surface area contributed by atoms with Crippen LogP contribution in [0.15, 0.2) is 34.9 Å². The maximum absolute atomic E-state index is 11.7. The molecular formula is C22H39NO2. The Labute approximate surface area is 155 Å². The van der Waals surface area contributed by atoms with Gasteiger partial charge in [0.2, 0.25) is 0 Å². The summed E-state index contributed by atoms with van der Waals surface area (Å²) in [7, 11) is 0. The summed E-state index contributed by atoms with van der Waals surface area (Å²) in [5.41, 5.74) is 4.12. The molecule has 0 aliphatic rings. The van der Waals surface area contributed by atoms with Crippen LogP contribution in [0.4, 0.5) is 0 Å². The van der Waals surface area contributed by atoms with Gasteiger partial charge in [0.1, 0.15) is 6.61 Å². The van der Waals surface area contributed by atoms with Crippen LogP contribution < -0.4 is 0 Å². The minimum Gasteiger partial charge on any atom is -0.461 e. The summed E-state index contributed by atoms with van der Waals surface area (Å²) in [6.45, 7) is 15.9. The second-order valence-electron chi connectivity index (χ2n) is 6.92. The Balaban J connectivity index is 3.94. The Bertz CT molecular complexity index is 453. The lowest BCUT2D eigenvalue weighted by Gasteiger charge is -2.16. The summed E-state index contributed by atoms with van der Waals surface area (Å²) in [5.74, 6) is -0.106. The summed E-state index contributed by atoms with van der Waals surface area (Å²) in [5, 5.41) is 0. The number of nitrogens with zero attached hydrogens (tertiary/aromatic N) is 1. The van der Waals surface area contributed by atoms with Gasteiger partial charge in [0, 0.05) is 6.54 Å². The largest absolute Gasteiger partial charge is 0.461 e. The Hall–Kier alpha value is -1.35. The number of allylic oxidation sites excluding steroid dienone is 5. The van der Waals surface area contributed by atoms with E-state index in [0.717, 1.165) is 45.3 Å². The predicted octanol–water partition coefficient (Wildman–Crippen LogP) is 5.68. The Morgan fingerprint density at radius 3 is 1.96 bits per heavy atom. The molecule has 0 aliphatic carbocycles. The van der Waals surface area contributed by atoms with Crippen LogP contribution in [-0.4, -0.2) is 37.1 Å². The molecule has 144 valence electrons. The van der Waals surface area contributed by atoms with E-state index in [0.29, 0.717) is 13.0 Å². The van der Waals surface area contributed by atoms with E-state index in [1.165, 1.54) is 16.7 Å². The highest BCUT2D eigenvalue weighted by atomic mass is 16.5. The van der Waals surface area contributed by atoms with Crippen LogP contribution in [0, 0.1) is 0 Å². The third-order valence-electron chi connectivity index (χ3n) is 4.33. The van der Waals surface area contributed by atoms with Crippen LogP contribution in [0.3, 0.4) is 0 Å². The highest BCUT2D eigenvalue weighted by molar-refractivity contribution is 5.69. The number of carbonyl (C=O) groups excluding carboxylic acids is 1. The lowest BCUT2D eigenvalue weighted by Crippen LogP contribution is -2.26. The third-order valence-corrected chi connectivity index (χ3v) is 4.33. The zero-order valence-corrected chi connectivity index (χ0v) is 17.4. The van der Waals surface area contributed by atoms with Gasteiger partial charge < -0.3 is 9.64 Å². The molecule has 0 rings (SSSR count). The van der Waals surface area contributed by atoms with Gasteiger partial charge in [-0.3, -0.25) is 4.79 Å². The molecule has 3 heteroatoms. The van der Waals surface area contributed by atoms with Crippen molar-refractivity contribution in [3.05, 3.63) is 34.9 Å². The summed E-state index contributed by atoms with van der Waals surface area (Å²) in [4.78, 5) is 14.0. The van der Waals surface area contributed by atoms with E-state index < -0.39 is 0 Å². The van der Waals surface area contributed by atoms with Gasteiger partial charge in [-0.25, -0.2) is 0 Å². The summed E-state index contributed by atoms with van der Waals surface area (Å²) in [6, 6.07) is 0. The lowest BCUT2D eigenvalue weighted by molar-refractivity contribution is -0.142. The Morgan fingerprint density at radius 1 is 0.840 bits per heavy atom. The molecular weight excluding hydrogens is 310 g/mol. The molecule has 0 amide bonds. The quantitative estimate of drug-likeness (QED) is 0.316. The molecule has 0 radical (unpaired) electrons. The van der Waals surface area contributed by atoms with Crippen LogP contribution in [0.25, 0.3) is 0 Å². The first kappa shape index (κ1) is 23.6. The molecule has 0 saturated carbocycles. The Morgan fingerprint density at radius 2 is 1.40 bits per heavy atom. The number of rotatable bonds is 13. The fourth-order valence-corrected chi connectivity index (χ4v) is 2.48. The molecule has 0 spiro atoms. The zero-order chi connectivity index (χ0) is 19.1. The Kier molecular flexibility index (Phi) is 14.1. The van der Waals surface area contributed by atoms with E-state index in [-0.39, 0.29) is 5.97 Å². The topological polar surface area (TPSA) is 29.5 Å². The van der Waals surface area contributed by atoms with Crippen molar-refractivity contribution in [2.45, 2.75) is 73.6 Å². The van der Waals surface area contributed by atoms with Gasteiger partial charge in [-0.1, -0.05) is 42.7 Å². The van der Waals surface area contributed by atoms with Crippen molar-refractivity contribution in [1.29, 1.82) is 0 Å². The predicted molar refractivity (Wildman–Crippen MR) is 109 cm³/mol. The van der Waals surface area contributed by atoms with Gasteiger partial charge >= 0.3 is 5.97 Å². The SMILES string of the molecule is CCN(CC)CCC(=O)OCC=C(C)CCC=C(C)CCC=C(C)C. The van der Waals surface area contributed by atoms with E-state index >= 15 is 0 Å². The molecule has 3 nitrogen and oxygen atoms in total. The number of ether oxygens (including phenoxy) is 1. The fraction of sp³-hybridized carbons (Fsp3) is 0.682. The molecule has 0 aromatic rings. The van der Waals surface area contributed by atoms with E-state index in [2.05, 4.69) is 58.6 Å². The molecule has 0 saturated heterocycles.